The molecule has 3 aromatic rings. The molecule has 0 spiro atoms. The Morgan fingerprint density at radius 2 is 2.00 bits per heavy atom. The molecule has 1 fully saturated rings. The van der Waals surface area contributed by atoms with Crippen LogP contribution >= 0.6 is 0 Å². The highest BCUT2D eigenvalue weighted by atomic mass is 16.4. The molecule has 0 radical (unpaired) electrons. The normalized spacial score (nSPS) is 18.1. The lowest BCUT2D eigenvalue weighted by atomic mass is 10.0. The van der Waals surface area contributed by atoms with E-state index in [2.05, 4.69) is 30.7 Å². The van der Waals surface area contributed by atoms with Gasteiger partial charge in [-0.05, 0) is 29.8 Å². The van der Waals surface area contributed by atoms with Crippen LogP contribution in [0.2, 0.25) is 0 Å². The van der Waals surface area contributed by atoms with Gasteiger partial charge >= 0.3 is 0 Å². The van der Waals surface area contributed by atoms with Gasteiger partial charge in [0.2, 0.25) is 0 Å². The SMILES string of the molecule is O=C(Nc1cnccc1N1CCNCC1)c1ccc(C2Cc3ccccc3N=N2)o1. The van der Waals surface area contributed by atoms with Crippen LogP contribution in [0.5, 0.6) is 0 Å². The van der Waals surface area contributed by atoms with E-state index in [9.17, 15) is 4.79 Å². The number of nitrogens with one attached hydrogen (secondary N) is 2. The van der Waals surface area contributed by atoms with Crippen molar-refractivity contribution in [2.24, 2.45) is 10.2 Å². The second-order valence-electron chi connectivity index (χ2n) is 7.35. The maximum atomic E-state index is 12.8. The zero-order valence-electron chi connectivity index (χ0n) is 16.4. The molecule has 2 aliphatic rings. The minimum atomic E-state index is -0.307. The Morgan fingerprint density at radius 3 is 2.90 bits per heavy atom. The number of pyridine rings is 1. The van der Waals surface area contributed by atoms with E-state index in [1.165, 1.54) is 0 Å². The van der Waals surface area contributed by atoms with E-state index in [0.29, 0.717) is 17.9 Å². The Bertz CT molecular complexity index is 1090. The lowest BCUT2D eigenvalue weighted by Gasteiger charge is -2.30. The monoisotopic (exact) mass is 402 g/mol. The third-order valence-corrected chi connectivity index (χ3v) is 5.39. The van der Waals surface area contributed by atoms with Crippen molar-refractivity contribution in [3.05, 3.63) is 71.9 Å². The second kappa shape index (κ2) is 8.08. The van der Waals surface area contributed by atoms with Gasteiger partial charge in [-0.25, -0.2) is 0 Å². The molecule has 2 N–H and O–H groups in total. The lowest BCUT2D eigenvalue weighted by molar-refractivity contribution is 0.0994. The fourth-order valence-electron chi connectivity index (χ4n) is 3.82. The van der Waals surface area contributed by atoms with Crippen molar-refractivity contribution in [2.75, 3.05) is 36.4 Å². The van der Waals surface area contributed by atoms with Crippen molar-refractivity contribution in [1.29, 1.82) is 0 Å². The zero-order valence-corrected chi connectivity index (χ0v) is 16.4. The van der Waals surface area contributed by atoms with E-state index in [0.717, 1.165) is 43.1 Å². The van der Waals surface area contributed by atoms with E-state index < -0.39 is 0 Å². The molecule has 2 aromatic heterocycles. The average molecular weight is 402 g/mol. The zero-order chi connectivity index (χ0) is 20.3. The van der Waals surface area contributed by atoms with Crippen molar-refractivity contribution in [3.63, 3.8) is 0 Å². The number of fused-ring (bicyclic) bond motifs is 1. The molecule has 8 heteroatoms. The van der Waals surface area contributed by atoms with Crippen LogP contribution in [0.25, 0.3) is 0 Å². The van der Waals surface area contributed by atoms with Crippen molar-refractivity contribution in [1.82, 2.24) is 10.3 Å². The molecule has 2 aliphatic heterocycles. The number of carbonyl (C=O) groups is 1. The number of rotatable bonds is 4. The molecule has 0 bridgehead atoms. The number of benzene rings is 1. The number of aromatic nitrogens is 1. The Balaban J connectivity index is 1.31. The molecule has 1 unspecified atom stereocenters. The van der Waals surface area contributed by atoms with Crippen molar-refractivity contribution >= 4 is 23.0 Å². The molecule has 1 aromatic carbocycles. The Morgan fingerprint density at radius 1 is 1.13 bits per heavy atom. The van der Waals surface area contributed by atoms with Crippen LogP contribution in [-0.2, 0) is 6.42 Å². The van der Waals surface area contributed by atoms with Gasteiger partial charge in [-0.2, -0.15) is 10.2 Å². The molecule has 1 atom stereocenters. The summed E-state index contributed by atoms with van der Waals surface area (Å²) >= 11 is 0. The van der Waals surface area contributed by atoms with E-state index in [-0.39, 0.29) is 17.7 Å². The smallest absolute Gasteiger partial charge is 0.291 e. The third-order valence-electron chi connectivity index (χ3n) is 5.39. The van der Waals surface area contributed by atoms with Gasteiger partial charge in [0, 0.05) is 38.8 Å². The molecule has 1 amide bonds. The van der Waals surface area contributed by atoms with Crippen LogP contribution in [-0.4, -0.2) is 37.1 Å². The van der Waals surface area contributed by atoms with Crippen molar-refractivity contribution in [3.8, 4) is 0 Å². The summed E-state index contributed by atoms with van der Waals surface area (Å²) < 4.78 is 5.85. The van der Waals surface area contributed by atoms with E-state index in [1.807, 2.05) is 30.3 Å². The highest BCUT2D eigenvalue weighted by Gasteiger charge is 2.23. The molecule has 8 nitrogen and oxygen atoms in total. The van der Waals surface area contributed by atoms with E-state index >= 15 is 0 Å². The Hall–Kier alpha value is -3.52. The van der Waals surface area contributed by atoms with Crippen LogP contribution < -0.4 is 15.5 Å². The van der Waals surface area contributed by atoms with Crippen LogP contribution in [0, 0.1) is 0 Å². The molecule has 30 heavy (non-hydrogen) atoms. The maximum absolute atomic E-state index is 12.8. The van der Waals surface area contributed by atoms with Gasteiger partial charge in [0.25, 0.3) is 5.91 Å². The Kier molecular flexibility index (Phi) is 4.98. The first-order chi connectivity index (χ1) is 14.8. The summed E-state index contributed by atoms with van der Waals surface area (Å²) in [6, 6.07) is 13.1. The number of hydrogen-bond donors (Lipinski definition) is 2. The van der Waals surface area contributed by atoms with E-state index in [1.54, 1.807) is 24.5 Å². The standard InChI is InChI=1S/C22H22N6O2/c29-22(25-18-14-24-8-7-19(18)28-11-9-23-10-12-28)21-6-5-20(30-21)17-13-15-3-1-2-4-16(15)26-27-17/h1-8,14,17,23H,9-13H2,(H,25,29). The summed E-state index contributed by atoms with van der Waals surface area (Å²) in [7, 11) is 0. The van der Waals surface area contributed by atoms with Gasteiger partial charge in [-0.1, -0.05) is 18.2 Å². The lowest BCUT2D eigenvalue weighted by Crippen LogP contribution is -2.43. The molecule has 1 saturated heterocycles. The van der Waals surface area contributed by atoms with Crippen LogP contribution in [0.3, 0.4) is 0 Å². The number of amides is 1. The number of carbonyl (C=O) groups excluding carboxylic acids is 1. The van der Waals surface area contributed by atoms with Gasteiger partial charge in [0.15, 0.2) is 5.76 Å². The summed E-state index contributed by atoms with van der Waals surface area (Å²) in [6.45, 7) is 3.59. The first-order valence-electron chi connectivity index (χ1n) is 10.1. The fraction of sp³-hybridized carbons (Fsp3) is 0.273. The predicted molar refractivity (Wildman–Crippen MR) is 113 cm³/mol. The minimum Gasteiger partial charge on any atom is -0.454 e. The van der Waals surface area contributed by atoms with Crippen LogP contribution in [0.4, 0.5) is 17.1 Å². The van der Waals surface area contributed by atoms with Gasteiger partial charge in [-0.15, -0.1) is 0 Å². The predicted octanol–water partition coefficient (Wildman–Crippen LogP) is 3.72. The summed E-state index contributed by atoms with van der Waals surface area (Å²) in [5.41, 5.74) is 3.64. The van der Waals surface area contributed by atoms with Gasteiger partial charge in [0.05, 0.1) is 23.3 Å². The molecule has 4 heterocycles. The number of piperazine rings is 1. The largest absolute Gasteiger partial charge is 0.454 e. The Labute approximate surface area is 174 Å². The van der Waals surface area contributed by atoms with Crippen LogP contribution in [0.15, 0.2) is 69.5 Å². The van der Waals surface area contributed by atoms with E-state index in [4.69, 9.17) is 4.42 Å². The fourth-order valence-corrected chi connectivity index (χ4v) is 3.82. The number of nitrogens with zero attached hydrogens (tertiary/aromatic N) is 4. The number of anilines is 2. The molecule has 0 saturated carbocycles. The van der Waals surface area contributed by atoms with Crippen molar-refractivity contribution < 1.29 is 9.21 Å². The van der Waals surface area contributed by atoms with Gasteiger partial charge in [0.1, 0.15) is 11.8 Å². The van der Waals surface area contributed by atoms with Crippen molar-refractivity contribution in [2.45, 2.75) is 12.5 Å². The quantitative estimate of drug-likeness (QED) is 0.694. The third kappa shape index (κ3) is 3.69. The highest BCUT2D eigenvalue weighted by Crippen LogP contribution is 2.34. The average Bonchev–Trinajstić information content (AvgIpc) is 3.30. The first-order valence-corrected chi connectivity index (χ1v) is 10.1. The van der Waals surface area contributed by atoms with Gasteiger partial charge < -0.3 is 20.0 Å². The number of furan rings is 1. The topological polar surface area (TPSA) is 95.1 Å². The number of hydrogen-bond acceptors (Lipinski definition) is 7. The molecular formula is C22H22N6O2. The maximum Gasteiger partial charge on any atom is 0.291 e. The second-order valence-corrected chi connectivity index (χ2v) is 7.35. The summed E-state index contributed by atoms with van der Waals surface area (Å²) in [5, 5.41) is 14.9. The first kappa shape index (κ1) is 18.5. The number of azo groups is 1. The molecule has 152 valence electrons. The summed E-state index contributed by atoms with van der Waals surface area (Å²) in [6.07, 6.45) is 4.11. The highest BCUT2D eigenvalue weighted by molar-refractivity contribution is 6.04. The minimum absolute atomic E-state index is 0.226. The van der Waals surface area contributed by atoms with Crippen LogP contribution in [0.1, 0.15) is 27.9 Å². The molecule has 5 rings (SSSR count). The van der Waals surface area contributed by atoms with Gasteiger partial charge in [-0.3, -0.25) is 9.78 Å². The summed E-state index contributed by atoms with van der Waals surface area (Å²) in [5.74, 6) is 0.569. The molecule has 0 aliphatic carbocycles. The molecular weight excluding hydrogens is 380 g/mol. The summed E-state index contributed by atoms with van der Waals surface area (Å²) in [4.78, 5) is 19.2.